The largest absolute Gasteiger partial charge is 0.477 e. The predicted octanol–water partition coefficient (Wildman–Crippen LogP) is 1.49. The Balaban J connectivity index is 1.32. The summed E-state index contributed by atoms with van der Waals surface area (Å²) in [6.07, 6.45) is 0.368. The fourth-order valence-corrected chi connectivity index (χ4v) is 6.85. The van der Waals surface area contributed by atoms with E-state index in [1.54, 1.807) is 0 Å². The molecule has 4 rings (SSSR count). The molecule has 2 amide bonds. The molecule has 1 aromatic heterocycles. The number of carboxylic acids is 1. The van der Waals surface area contributed by atoms with Crippen LogP contribution in [-0.4, -0.2) is 73.3 Å². The maximum atomic E-state index is 12.8. The summed E-state index contributed by atoms with van der Waals surface area (Å²) < 4.78 is 0.743. The van der Waals surface area contributed by atoms with Crippen LogP contribution in [0.5, 0.6) is 0 Å². The molecule has 3 heterocycles. The van der Waals surface area contributed by atoms with Crippen molar-refractivity contribution in [1.82, 2.24) is 25.7 Å². The number of aromatic nitrogens is 2. The Morgan fingerprint density at radius 2 is 2.06 bits per heavy atom. The number of amidine groups is 1. The van der Waals surface area contributed by atoms with Gasteiger partial charge in [0.15, 0.2) is 4.34 Å². The summed E-state index contributed by atoms with van der Waals surface area (Å²) in [6.45, 7) is 1.71. The van der Waals surface area contributed by atoms with Gasteiger partial charge in [0.1, 0.15) is 22.1 Å². The minimum absolute atomic E-state index is 0.0178. The number of fused-ring (bicyclic) bond motifs is 1. The first kappa shape index (κ1) is 24.2. The Morgan fingerprint density at radius 1 is 1.29 bits per heavy atom. The fourth-order valence-electron chi connectivity index (χ4n) is 3.55. The van der Waals surface area contributed by atoms with Crippen molar-refractivity contribution in [3.63, 3.8) is 0 Å². The summed E-state index contributed by atoms with van der Waals surface area (Å²) in [5.74, 6) is -1.01. The third-order valence-electron chi connectivity index (χ3n) is 5.13. The second kappa shape index (κ2) is 10.6. The summed E-state index contributed by atoms with van der Waals surface area (Å²) in [7, 11) is 0. The quantitative estimate of drug-likeness (QED) is 0.168. The molecule has 2 atom stereocenters. The van der Waals surface area contributed by atoms with E-state index in [4.69, 9.17) is 5.41 Å². The maximum absolute atomic E-state index is 12.8. The molecule has 2 aromatic rings. The number of carbonyl (C=O) groups excluding carboxylic acids is 2. The summed E-state index contributed by atoms with van der Waals surface area (Å²) >= 11 is 4.25. The van der Waals surface area contributed by atoms with Crippen molar-refractivity contribution in [3.8, 4) is 0 Å². The van der Waals surface area contributed by atoms with Crippen LogP contribution in [0.3, 0.4) is 0 Å². The Labute approximate surface area is 208 Å². The number of rotatable bonds is 9. The van der Waals surface area contributed by atoms with E-state index in [1.165, 1.54) is 39.8 Å². The van der Waals surface area contributed by atoms with Crippen molar-refractivity contribution in [2.24, 2.45) is 0 Å². The molecule has 10 nitrogen and oxygen atoms in total. The van der Waals surface area contributed by atoms with Crippen molar-refractivity contribution in [2.45, 2.75) is 29.1 Å². The minimum atomic E-state index is -1.16. The molecule has 1 unspecified atom stereocenters. The smallest absolute Gasteiger partial charge is 0.352 e. The highest BCUT2D eigenvalue weighted by molar-refractivity contribution is 8.01. The van der Waals surface area contributed by atoms with Crippen LogP contribution in [0.1, 0.15) is 10.6 Å². The monoisotopic (exact) mass is 518 g/mol. The number of amides is 2. The summed E-state index contributed by atoms with van der Waals surface area (Å²) in [6, 6.07) is 8.65. The molecular weight excluding hydrogens is 496 g/mol. The lowest BCUT2D eigenvalue weighted by atomic mass is 10.0. The molecule has 1 fully saturated rings. The number of hydrogen-bond acceptors (Lipinski definition) is 9. The molecule has 2 aliphatic heterocycles. The number of carbonyl (C=O) groups is 3. The fraction of sp³-hybridized carbons (Fsp3) is 0.333. The molecule has 4 N–H and O–H groups in total. The molecule has 13 heteroatoms. The van der Waals surface area contributed by atoms with Gasteiger partial charge in [-0.15, -0.1) is 22.0 Å². The first-order valence-electron chi connectivity index (χ1n) is 10.3. The van der Waals surface area contributed by atoms with E-state index in [9.17, 15) is 19.5 Å². The van der Waals surface area contributed by atoms with Gasteiger partial charge in [0.2, 0.25) is 5.91 Å². The third-order valence-corrected chi connectivity index (χ3v) is 8.53. The lowest BCUT2D eigenvalue weighted by Crippen LogP contribution is -2.71. The number of nitrogens with one attached hydrogen (secondary N) is 3. The number of hydrogen-bond donors (Lipinski definition) is 4. The minimum Gasteiger partial charge on any atom is -0.477 e. The average Bonchev–Trinajstić information content (AvgIpc) is 3.24. The van der Waals surface area contributed by atoms with Gasteiger partial charge in [0.25, 0.3) is 5.91 Å². The lowest BCUT2D eigenvalue weighted by molar-refractivity contribution is -0.150. The summed E-state index contributed by atoms with van der Waals surface area (Å²) in [5, 5.41) is 31.5. The highest BCUT2D eigenvalue weighted by Gasteiger charge is 2.54. The third kappa shape index (κ3) is 5.42. The van der Waals surface area contributed by atoms with Crippen molar-refractivity contribution in [2.75, 3.05) is 18.1 Å². The van der Waals surface area contributed by atoms with E-state index in [0.717, 1.165) is 14.9 Å². The summed E-state index contributed by atoms with van der Waals surface area (Å²) in [5.41, 5.74) is 1.57. The van der Waals surface area contributed by atoms with E-state index in [2.05, 4.69) is 20.8 Å². The molecule has 2 aliphatic rings. The number of thioether (sulfide) groups is 2. The second-order valence-corrected chi connectivity index (χ2v) is 11.1. The van der Waals surface area contributed by atoms with Crippen molar-refractivity contribution in [3.05, 3.63) is 52.2 Å². The van der Waals surface area contributed by atoms with Crippen LogP contribution in [0, 0.1) is 12.3 Å². The maximum Gasteiger partial charge on any atom is 0.352 e. The van der Waals surface area contributed by atoms with Crippen molar-refractivity contribution >= 4 is 58.5 Å². The van der Waals surface area contributed by atoms with Crippen LogP contribution < -0.4 is 10.6 Å². The first-order chi connectivity index (χ1) is 16.3. The number of aliphatic carboxylic acids is 1. The number of aryl methyl sites for hydroxylation is 1. The topological polar surface area (TPSA) is 148 Å². The predicted molar refractivity (Wildman–Crippen MR) is 131 cm³/mol. The molecule has 0 aliphatic carbocycles. The standard InChI is InChI=1S/C21H22N6O4S3/c1-11-25-26-21(34-11)33-10-13-9-32-19-16(18(29)27(19)17(13)20(30)31)24-15(28)8-23-14(22)7-12-5-3-2-4-6-12/h2-6,16,19H,7-10H2,1H3,(H2,22,23)(H,24,28)(H,30,31)/t16?,19-/m0/s1. The van der Waals surface area contributed by atoms with Crippen molar-refractivity contribution < 1.29 is 19.5 Å². The van der Waals surface area contributed by atoms with Gasteiger partial charge in [0.05, 0.1) is 12.4 Å². The number of β-lactam (4-membered cyclic amide) rings is 1. The van der Waals surface area contributed by atoms with Gasteiger partial charge in [-0.2, -0.15) is 0 Å². The van der Waals surface area contributed by atoms with E-state index in [-0.39, 0.29) is 18.1 Å². The Hall–Kier alpha value is -2.90. The Kier molecular flexibility index (Phi) is 7.54. The Morgan fingerprint density at radius 3 is 2.74 bits per heavy atom. The van der Waals surface area contributed by atoms with Gasteiger partial charge < -0.3 is 15.7 Å². The van der Waals surface area contributed by atoms with Crippen LogP contribution in [0.4, 0.5) is 0 Å². The molecule has 0 saturated carbocycles. The lowest BCUT2D eigenvalue weighted by Gasteiger charge is -2.49. The summed E-state index contributed by atoms with van der Waals surface area (Å²) in [4.78, 5) is 38.3. The van der Waals surface area contributed by atoms with Gasteiger partial charge >= 0.3 is 5.97 Å². The SMILES string of the molecule is Cc1nnc(SCC2=C(C(=O)O)N3C(=O)C(NC(=O)CNC(=N)Cc4ccccc4)[C@@H]3SC2)s1. The molecule has 178 valence electrons. The van der Waals surface area contributed by atoms with Crippen LogP contribution in [0.25, 0.3) is 0 Å². The number of nitrogens with zero attached hydrogens (tertiary/aromatic N) is 3. The van der Waals surface area contributed by atoms with Crippen LogP contribution in [0.2, 0.25) is 0 Å². The van der Waals surface area contributed by atoms with Gasteiger partial charge in [-0.25, -0.2) is 4.79 Å². The zero-order chi connectivity index (χ0) is 24.2. The van der Waals surface area contributed by atoms with Crippen molar-refractivity contribution in [1.29, 1.82) is 5.41 Å². The van der Waals surface area contributed by atoms with Crippen LogP contribution >= 0.6 is 34.9 Å². The first-order valence-corrected chi connectivity index (χ1v) is 13.2. The molecule has 0 radical (unpaired) electrons. The zero-order valence-corrected chi connectivity index (χ0v) is 20.6. The molecule has 0 bridgehead atoms. The average molecular weight is 519 g/mol. The molecular formula is C21H22N6O4S3. The number of carboxylic acid groups (broad SMARTS) is 1. The van der Waals surface area contributed by atoms with E-state index < -0.39 is 29.2 Å². The van der Waals surface area contributed by atoms with Gasteiger partial charge in [0, 0.05) is 17.9 Å². The number of benzene rings is 1. The van der Waals surface area contributed by atoms with E-state index in [1.807, 2.05) is 37.3 Å². The second-order valence-electron chi connectivity index (χ2n) is 7.58. The van der Waals surface area contributed by atoms with Gasteiger partial charge in [-0.3, -0.25) is 19.9 Å². The zero-order valence-electron chi connectivity index (χ0n) is 18.1. The molecule has 1 saturated heterocycles. The van der Waals surface area contributed by atoms with E-state index >= 15 is 0 Å². The highest BCUT2D eigenvalue weighted by atomic mass is 32.2. The van der Waals surface area contributed by atoms with E-state index in [0.29, 0.717) is 23.5 Å². The normalized spacial score (nSPS) is 19.3. The highest BCUT2D eigenvalue weighted by Crippen LogP contribution is 2.41. The van der Waals surface area contributed by atoms with Crippen LogP contribution in [0.15, 0.2) is 45.9 Å². The molecule has 1 aromatic carbocycles. The van der Waals surface area contributed by atoms with Gasteiger partial charge in [-0.05, 0) is 18.1 Å². The van der Waals surface area contributed by atoms with Gasteiger partial charge in [-0.1, -0.05) is 53.4 Å². The van der Waals surface area contributed by atoms with Crippen LogP contribution in [-0.2, 0) is 20.8 Å². The molecule has 0 spiro atoms. The Bertz CT molecular complexity index is 1150. The molecule has 34 heavy (non-hydrogen) atoms.